The minimum Gasteiger partial charge on any atom is -0.494 e. The van der Waals surface area contributed by atoms with Gasteiger partial charge in [0.25, 0.3) is 0 Å². The van der Waals surface area contributed by atoms with Crippen molar-refractivity contribution in [3.63, 3.8) is 0 Å². The number of aromatic carboxylic acids is 1. The van der Waals surface area contributed by atoms with Gasteiger partial charge in [0.2, 0.25) is 5.91 Å². The highest BCUT2D eigenvalue weighted by Crippen LogP contribution is 2.42. The Bertz CT molecular complexity index is 864. The molecule has 130 valence electrons. The second kappa shape index (κ2) is 6.41. The third kappa shape index (κ3) is 3.07. The number of fused-ring (bicyclic) bond motifs is 1. The van der Waals surface area contributed by atoms with E-state index in [2.05, 4.69) is 5.32 Å². The highest BCUT2D eigenvalue weighted by Gasteiger charge is 2.43. The van der Waals surface area contributed by atoms with Crippen LogP contribution in [0.1, 0.15) is 35.3 Å². The van der Waals surface area contributed by atoms with Gasteiger partial charge in [-0.2, -0.15) is 0 Å². The summed E-state index contributed by atoms with van der Waals surface area (Å²) in [6, 6.07) is 10.0. The first-order valence-electron chi connectivity index (χ1n) is 7.95. The summed E-state index contributed by atoms with van der Waals surface area (Å²) >= 11 is 6.25. The van der Waals surface area contributed by atoms with Gasteiger partial charge in [0.15, 0.2) is 0 Å². The molecule has 0 fully saturated rings. The normalized spacial score (nSPS) is 18.6. The number of carbonyl (C=O) groups excluding carboxylic acids is 1. The third-order valence-electron chi connectivity index (χ3n) is 4.48. The molecule has 1 aliphatic heterocycles. The Morgan fingerprint density at radius 3 is 2.72 bits per heavy atom. The SMILES string of the molecule is CCOc1ccc2c(c1)C(C)(Cc1cc(C(=O)O)ccc1Cl)C(=O)N2. The van der Waals surface area contributed by atoms with Crippen LogP contribution in [-0.2, 0) is 16.6 Å². The molecule has 0 aromatic heterocycles. The molecule has 5 nitrogen and oxygen atoms in total. The molecule has 0 radical (unpaired) electrons. The maximum Gasteiger partial charge on any atom is 0.335 e. The lowest BCUT2D eigenvalue weighted by Crippen LogP contribution is -2.33. The summed E-state index contributed by atoms with van der Waals surface area (Å²) in [4.78, 5) is 23.9. The van der Waals surface area contributed by atoms with Crippen LogP contribution in [0.4, 0.5) is 5.69 Å². The van der Waals surface area contributed by atoms with Gasteiger partial charge in [-0.25, -0.2) is 4.79 Å². The summed E-state index contributed by atoms with van der Waals surface area (Å²) in [7, 11) is 0. The van der Waals surface area contributed by atoms with Gasteiger partial charge >= 0.3 is 5.97 Å². The van der Waals surface area contributed by atoms with Crippen molar-refractivity contribution in [2.24, 2.45) is 0 Å². The first-order chi connectivity index (χ1) is 11.8. The average Bonchev–Trinajstić information content (AvgIpc) is 2.81. The number of hydrogen-bond acceptors (Lipinski definition) is 3. The number of hydrogen-bond donors (Lipinski definition) is 2. The topological polar surface area (TPSA) is 75.6 Å². The fourth-order valence-corrected chi connectivity index (χ4v) is 3.31. The molecule has 0 saturated heterocycles. The molecule has 1 aliphatic rings. The number of carboxylic acids is 1. The number of anilines is 1. The molecule has 0 bridgehead atoms. The Morgan fingerprint density at radius 1 is 1.28 bits per heavy atom. The predicted molar refractivity (Wildman–Crippen MR) is 95.7 cm³/mol. The molecule has 0 spiro atoms. The minimum absolute atomic E-state index is 0.143. The first-order valence-corrected chi connectivity index (χ1v) is 8.33. The number of amides is 1. The molecule has 25 heavy (non-hydrogen) atoms. The van der Waals surface area contributed by atoms with Crippen molar-refractivity contribution in [2.45, 2.75) is 25.7 Å². The molecule has 1 unspecified atom stereocenters. The molecule has 1 atom stereocenters. The molecule has 2 aromatic carbocycles. The van der Waals surface area contributed by atoms with Crippen LogP contribution in [0.25, 0.3) is 0 Å². The summed E-state index contributed by atoms with van der Waals surface area (Å²) < 4.78 is 5.54. The lowest BCUT2D eigenvalue weighted by Gasteiger charge is -2.23. The van der Waals surface area contributed by atoms with E-state index in [0.717, 1.165) is 11.3 Å². The van der Waals surface area contributed by atoms with Gasteiger partial charge < -0.3 is 15.2 Å². The summed E-state index contributed by atoms with van der Waals surface area (Å²) in [6.45, 7) is 4.25. The largest absolute Gasteiger partial charge is 0.494 e. The van der Waals surface area contributed by atoms with Gasteiger partial charge in [-0.05, 0) is 67.8 Å². The molecule has 3 rings (SSSR count). The smallest absolute Gasteiger partial charge is 0.335 e. The number of rotatable bonds is 5. The van der Waals surface area contributed by atoms with Crippen molar-refractivity contribution in [2.75, 3.05) is 11.9 Å². The van der Waals surface area contributed by atoms with Crippen LogP contribution in [0.5, 0.6) is 5.75 Å². The van der Waals surface area contributed by atoms with Gasteiger partial charge in [-0.1, -0.05) is 11.6 Å². The van der Waals surface area contributed by atoms with Crippen LogP contribution >= 0.6 is 11.6 Å². The van der Waals surface area contributed by atoms with Crippen molar-refractivity contribution in [3.05, 3.63) is 58.1 Å². The average molecular weight is 360 g/mol. The molecule has 0 saturated carbocycles. The Balaban J connectivity index is 2.03. The van der Waals surface area contributed by atoms with Gasteiger partial charge in [0.1, 0.15) is 5.75 Å². The van der Waals surface area contributed by atoms with Crippen LogP contribution in [0.3, 0.4) is 0 Å². The molecule has 1 amide bonds. The quantitative estimate of drug-likeness (QED) is 0.849. The molecule has 0 aliphatic carbocycles. The van der Waals surface area contributed by atoms with E-state index in [1.54, 1.807) is 6.07 Å². The van der Waals surface area contributed by atoms with Gasteiger partial charge in [0.05, 0.1) is 17.6 Å². The maximum absolute atomic E-state index is 12.6. The zero-order valence-electron chi connectivity index (χ0n) is 13.9. The van der Waals surface area contributed by atoms with Gasteiger partial charge in [0, 0.05) is 10.7 Å². The van der Waals surface area contributed by atoms with E-state index in [1.165, 1.54) is 12.1 Å². The Morgan fingerprint density at radius 2 is 2.04 bits per heavy atom. The molecule has 2 N–H and O–H groups in total. The summed E-state index contributed by atoms with van der Waals surface area (Å²) in [6.07, 6.45) is 0.293. The van der Waals surface area contributed by atoms with Crippen LogP contribution in [0.2, 0.25) is 5.02 Å². The molecular weight excluding hydrogens is 342 g/mol. The monoisotopic (exact) mass is 359 g/mol. The van der Waals surface area contributed by atoms with Crippen LogP contribution < -0.4 is 10.1 Å². The number of carboxylic acid groups (broad SMARTS) is 1. The number of benzene rings is 2. The van der Waals surface area contributed by atoms with Gasteiger partial charge in [-0.15, -0.1) is 0 Å². The first kappa shape index (κ1) is 17.3. The zero-order chi connectivity index (χ0) is 18.2. The van der Waals surface area contributed by atoms with E-state index < -0.39 is 11.4 Å². The summed E-state index contributed by atoms with van der Waals surface area (Å²) in [5.41, 5.74) is 1.46. The Kier molecular flexibility index (Phi) is 4.43. The van der Waals surface area contributed by atoms with E-state index in [9.17, 15) is 14.7 Å². The predicted octanol–water partition coefficient (Wildman–Crippen LogP) is 3.89. The van der Waals surface area contributed by atoms with Crippen LogP contribution in [0.15, 0.2) is 36.4 Å². The van der Waals surface area contributed by atoms with Crippen LogP contribution in [0, 0.1) is 0 Å². The van der Waals surface area contributed by atoms with E-state index in [4.69, 9.17) is 16.3 Å². The van der Waals surface area contributed by atoms with Crippen molar-refractivity contribution >= 4 is 29.2 Å². The van der Waals surface area contributed by atoms with Crippen molar-refractivity contribution in [1.29, 1.82) is 0 Å². The fourth-order valence-electron chi connectivity index (χ4n) is 3.13. The van der Waals surface area contributed by atoms with Gasteiger partial charge in [-0.3, -0.25) is 4.79 Å². The fraction of sp³-hybridized carbons (Fsp3) is 0.263. The second-order valence-corrected chi connectivity index (χ2v) is 6.62. The molecule has 2 aromatic rings. The van der Waals surface area contributed by atoms with Crippen LogP contribution in [-0.4, -0.2) is 23.6 Å². The second-order valence-electron chi connectivity index (χ2n) is 6.21. The minimum atomic E-state index is -1.03. The van der Waals surface area contributed by atoms with Crippen molar-refractivity contribution in [1.82, 2.24) is 0 Å². The van der Waals surface area contributed by atoms with E-state index in [1.807, 2.05) is 32.0 Å². The van der Waals surface area contributed by atoms with E-state index in [0.29, 0.717) is 29.4 Å². The summed E-state index contributed by atoms with van der Waals surface area (Å²) in [5, 5.41) is 12.5. The molecular formula is C19H18ClNO4. The van der Waals surface area contributed by atoms with E-state index in [-0.39, 0.29) is 11.5 Å². The zero-order valence-corrected chi connectivity index (χ0v) is 14.7. The third-order valence-corrected chi connectivity index (χ3v) is 4.85. The Hall–Kier alpha value is -2.53. The molecule has 6 heteroatoms. The number of nitrogens with one attached hydrogen (secondary N) is 1. The molecule has 1 heterocycles. The number of carbonyl (C=O) groups is 2. The standard InChI is InChI=1S/C19H18ClNO4/c1-3-25-13-5-7-16-14(9-13)19(2,18(24)21-16)10-12-8-11(17(22)23)4-6-15(12)20/h4-9H,3,10H2,1-2H3,(H,21,24)(H,22,23). The summed E-state index contributed by atoms with van der Waals surface area (Å²) in [5.74, 6) is -0.486. The number of ether oxygens (including phenoxy) is 1. The number of halogens is 1. The lowest BCUT2D eigenvalue weighted by molar-refractivity contribution is -0.120. The Labute approximate surface area is 150 Å². The van der Waals surface area contributed by atoms with Crippen molar-refractivity contribution < 1.29 is 19.4 Å². The maximum atomic E-state index is 12.6. The van der Waals surface area contributed by atoms with Crippen molar-refractivity contribution in [3.8, 4) is 5.75 Å². The highest BCUT2D eigenvalue weighted by atomic mass is 35.5. The highest BCUT2D eigenvalue weighted by molar-refractivity contribution is 6.31. The lowest BCUT2D eigenvalue weighted by atomic mass is 9.78. The van der Waals surface area contributed by atoms with E-state index >= 15 is 0 Å².